The van der Waals surface area contributed by atoms with Gasteiger partial charge < -0.3 is 14.9 Å². The van der Waals surface area contributed by atoms with E-state index in [1.54, 1.807) is 11.0 Å². The Bertz CT molecular complexity index is 2770. The molecule has 0 saturated heterocycles. The number of unbranched alkanes of at least 4 members (excludes halogenated alkanes) is 2. The number of carbonyl (C=O) groups is 1. The fourth-order valence-electron chi connectivity index (χ4n) is 5.37. The van der Waals surface area contributed by atoms with Crippen molar-refractivity contribution in [3.8, 4) is 11.8 Å². The number of rotatable bonds is 20. The number of nitrogens with zero attached hydrogens (tertiary/aromatic N) is 6. The summed E-state index contributed by atoms with van der Waals surface area (Å²) in [5, 5.41) is 24.6. The van der Waals surface area contributed by atoms with Gasteiger partial charge in [0.25, 0.3) is 40.5 Å². The molecule has 0 bridgehead atoms. The lowest BCUT2D eigenvalue weighted by atomic mass is 10.2. The van der Waals surface area contributed by atoms with Crippen molar-refractivity contribution in [3.63, 3.8) is 0 Å². The molecule has 0 saturated carbocycles. The second-order valence-corrected chi connectivity index (χ2v) is 20.7. The predicted octanol–water partition coefficient (Wildman–Crippen LogP) is 5.20. The number of aromatic nitrogens is 2. The largest absolute Gasteiger partial charge is 0.371 e. The van der Waals surface area contributed by atoms with Crippen LogP contribution < -0.4 is 14.9 Å². The number of halogens is 2. The molecule has 1 heterocycles. The summed E-state index contributed by atoms with van der Waals surface area (Å²) >= 11 is 13.1. The first-order chi connectivity index (χ1) is 28.3. The third-order valence-electron chi connectivity index (χ3n) is 8.04. The number of hydrogen-bond donors (Lipinski definition) is 6. The zero-order valence-electron chi connectivity index (χ0n) is 31.2. The number of carbonyl (C=O) groups excluding carboxylic acids is 1. The van der Waals surface area contributed by atoms with E-state index in [0.29, 0.717) is 11.8 Å². The number of hydrogen-bond acceptors (Lipinski definition) is 15. The zero-order valence-corrected chi connectivity index (χ0v) is 36.8. The summed E-state index contributed by atoms with van der Waals surface area (Å²) in [5.41, 5.74) is 0.0454. The lowest BCUT2D eigenvalue weighted by Gasteiger charge is -2.26. The van der Waals surface area contributed by atoms with E-state index in [1.165, 1.54) is 19.1 Å². The normalized spacial score (nSPS) is 12.9. The molecule has 29 heteroatoms. The van der Waals surface area contributed by atoms with Gasteiger partial charge in [0.2, 0.25) is 5.91 Å². The number of anilines is 3. The van der Waals surface area contributed by atoms with Gasteiger partial charge >= 0.3 is 0 Å². The molecule has 330 valence electrons. The van der Waals surface area contributed by atoms with E-state index in [9.17, 15) is 57.0 Å². The van der Waals surface area contributed by atoms with Crippen molar-refractivity contribution < 1.29 is 60.9 Å². The Kier molecular flexibility index (Phi) is 16.1. The molecule has 0 radical (unpaired) electrons. The van der Waals surface area contributed by atoms with Gasteiger partial charge in [0.05, 0.1) is 48.1 Å². The Morgan fingerprint density at radius 2 is 1.38 bits per heavy atom. The number of azo groups is 1. The van der Waals surface area contributed by atoms with E-state index in [2.05, 4.69) is 25.4 Å². The summed E-state index contributed by atoms with van der Waals surface area (Å²) in [5.74, 6) is -1.70. The molecule has 1 amide bonds. The highest BCUT2D eigenvalue weighted by atomic mass is 35.5. The number of amides is 1. The fourth-order valence-corrected chi connectivity index (χ4v) is 9.36. The SMILES string of the molecule is CC(=O)Nc1cc(N(CCCCS(=O)(=O)O)CCCCS(=O)(=O)O)ccc1N=Nc1c(C#N)cnn1-c1c(Cl)cc(S(=O)Nc2cc(S(=O)(=O)O)cc(S(=O)(=O)O)c2)cc1Cl. The van der Waals surface area contributed by atoms with Crippen molar-refractivity contribution in [3.05, 3.63) is 70.3 Å². The number of nitrogens with one attached hydrogen (secondary N) is 2. The second kappa shape index (κ2) is 20.1. The molecule has 3 aromatic carbocycles. The third kappa shape index (κ3) is 14.5. The van der Waals surface area contributed by atoms with E-state index in [0.717, 1.165) is 35.1 Å². The Labute approximate surface area is 362 Å². The summed E-state index contributed by atoms with van der Waals surface area (Å²) in [7, 11) is -20.7. The van der Waals surface area contributed by atoms with Crippen LogP contribution in [0.4, 0.5) is 28.6 Å². The average molecular weight is 986 g/mol. The Hall–Kier alpha value is -4.60. The van der Waals surface area contributed by atoms with E-state index in [1.807, 2.05) is 6.07 Å². The van der Waals surface area contributed by atoms with Crippen LogP contribution in [-0.2, 0) is 56.3 Å². The first-order valence-electron chi connectivity index (χ1n) is 17.0. The third-order valence-corrected chi connectivity index (χ3v) is 13.0. The summed E-state index contributed by atoms with van der Waals surface area (Å²) in [4.78, 5) is 12.0. The highest BCUT2D eigenvalue weighted by Crippen LogP contribution is 2.37. The van der Waals surface area contributed by atoms with Gasteiger partial charge in [0.1, 0.15) is 34.0 Å². The Balaban J connectivity index is 1.68. The smallest absolute Gasteiger partial charge is 0.294 e. The van der Waals surface area contributed by atoms with Crippen molar-refractivity contribution >= 4 is 109 Å². The van der Waals surface area contributed by atoms with Crippen LogP contribution in [0.25, 0.3) is 5.69 Å². The lowest BCUT2D eigenvalue weighted by Crippen LogP contribution is -2.26. The maximum absolute atomic E-state index is 13.3. The van der Waals surface area contributed by atoms with E-state index in [4.69, 9.17) is 32.3 Å². The van der Waals surface area contributed by atoms with Crippen LogP contribution in [-0.4, -0.2) is 96.4 Å². The minimum absolute atomic E-state index is 0.0672. The first-order valence-corrected chi connectivity index (χ1v) is 25.0. The average Bonchev–Trinajstić information content (AvgIpc) is 3.53. The molecule has 1 atom stereocenters. The van der Waals surface area contributed by atoms with E-state index >= 15 is 0 Å². The van der Waals surface area contributed by atoms with E-state index in [-0.39, 0.29) is 82.2 Å². The first kappa shape index (κ1) is 49.1. The highest BCUT2D eigenvalue weighted by Gasteiger charge is 2.23. The zero-order chi connectivity index (χ0) is 45.5. The van der Waals surface area contributed by atoms with Gasteiger partial charge in [-0.15, -0.1) is 10.2 Å². The molecule has 6 N–H and O–H groups in total. The molecular weight excluding hydrogens is 952 g/mol. The minimum Gasteiger partial charge on any atom is -0.371 e. The van der Waals surface area contributed by atoms with Crippen LogP contribution >= 0.6 is 23.2 Å². The molecular formula is C32H34Cl2N8O14S5. The van der Waals surface area contributed by atoms with Crippen LogP contribution in [0, 0.1) is 11.3 Å². The van der Waals surface area contributed by atoms with Gasteiger partial charge in [-0.25, -0.2) is 8.89 Å². The van der Waals surface area contributed by atoms with Gasteiger partial charge in [-0.05, 0) is 74.2 Å². The summed E-state index contributed by atoms with van der Waals surface area (Å²) in [6, 6.07) is 10.7. The van der Waals surface area contributed by atoms with Crippen LogP contribution in [0.1, 0.15) is 38.2 Å². The summed E-state index contributed by atoms with van der Waals surface area (Å²) in [6.45, 7) is 1.71. The molecule has 4 aromatic rings. The van der Waals surface area contributed by atoms with Gasteiger partial charge in [-0.3, -0.25) is 23.0 Å². The topological polar surface area (TPSA) is 345 Å². The second-order valence-electron chi connectivity index (χ2n) is 12.7. The van der Waals surface area contributed by atoms with E-state index < -0.39 is 84.3 Å². The molecule has 0 aliphatic rings. The molecule has 0 spiro atoms. The van der Waals surface area contributed by atoms with Gasteiger partial charge in [0, 0.05) is 31.4 Å². The standard InChI is InChI=1S/C32H34Cl2N8O14S5/c1-20(43)37-30-14-23(41(8-2-4-10-58(45,46)47)9-3-5-11-59(48,49)50)6-7-29(30)38-39-32-21(18-35)19-36-42(32)31-27(33)15-24(16-28(31)34)57(44)40-22-12-25(60(51,52)53)17-26(13-22)61(54,55)56/h6-7,12-17,19,40H,2-5,8-11H2,1H3,(H,37,43)(H,45,46,47)(H,48,49,50)(H,51,52,53)(H,54,55,56). The predicted molar refractivity (Wildman–Crippen MR) is 223 cm³/mol. The highest BCUT2D eigenvalue weighted by molar-refractivity contribution is 7.87. The van der Waals surface area contributed by atoms with Crippen LogP contribution in [0.3, 0.4) is 0 Å². The summed E-state index contributed by atoms with van der Waals surface area (Å²) in [6.07, 6.45) is 1.89. The molecule has 22 nitrogen and oxygen atoms in total. The van der Waals surface area contributed by atoms with Crippen molar-refractivity contribution in [1.29, 1.82) is 5.26 Å². The molecule has 1 unspecified atom stereocenters. The number of benzene rings is 3. The van der Waals surface area contributed by atoms with Crippen molar-refractivity contribution in [2.45, 2.75) is 47.3 Å². The van der Waals surface area contributed by atoms with Gasteiger partial charge in [-0.1, -0.05) is 23.2 Å². The molecule has 0 fully saturated rings. The van der Waals surface area contributed by atoms with Crippen molar-refractivity contribution in [1.82, 2.24) is 9.78 Å². The van der Waals surface area contributed by atoms with Crippen LogP contribution in [0.2, 0.25) is 10.0 Å². The molecule has 4 rings (SSSR count). The maximum atomic E-state index is 13.3. The molecule has 61 heavy (non-hydrogen) atoms. The summed E-state index contributed by atoms with van der Waals surface area (Å²) < 4.78 is 146. The van der Waals surface area contributed by atoms with Crippen molar-refractivity contribution in [2.24, 2.45) is 10.2 Å². The maximum Gasteiger partial charge on any atom is 0.294 e. The molecule has 0 aliphatic carbocycles. The monoisotopic (exact) mass is 984 g/mol. The Morgan fingerprint density at radius 1 is 0.836 bits per heavy atom. The quantitative estimate of drug-likeness (QED) is 0.0377. The lowest BCUT2D eigenvalue weighted by molar-refractivity contribution is -0.114. The van der Waals surface area contributed by atoms with Gasteiger partial charge in [0.15, 0.2) is 5.82 Å². The molecule has 1 aromatic heterocycles. The fraction of sp³-hybridized carbons (Fsp3) is 0.281. The van der Waals surface area contributed by atoms with Crippen molar-refractivity contribution in [2.75, 3.05) is 39.5 Å². The minimum atomic E-state index is -4.98. The van der Waals surface area contributed by atoms with Crippen LogP contribution in [0.15, 0.2) is 79.6 Å². The number of nitriles is 1. The Morgan fingerprint density at radius 3 is 1.85 bits per heavy atom. The molecule has 0 aliphatic heterocycles. The van der Waals surface area contributed by atoms with Crippen LogP contribution in [0.5, 0.6) is 0 Å². The van der Waals surface area contributed by atoms with Gasteiger partial charge in [-0.2, -0.15) is 44.0 Å².